The number of carbonyl (C=O) groups excluding carboxylic acids is 3. The molecule has 0 radical (unpaired) electrons. The summed E-state index contributed by atoms with van der Waals surface area (Å²) in [6.45, 7) is 0.154. The van der Waals surface area contributed by atoms with Gasteiger partial charge < -0.3 is 20.1 Å². The van der Waals surface area contributed by atoms with Gasteiger partial charge in [-0.05, 0) is 24.0 Å². The molecule has 3 rings (SSSR count). The van der Waals surface area contributed by atoms with E-state index in [4.69, 9.17) is 9.47 Å². The van der Waals surface area contributed by atoms with Gasteiger partial charge in [0.05, 0.1) is 6.42 Å². The monoisotopic (exact) mass is 438 g/mol. The molecule has 0 spiro atoms. The lowest BCUT2D eigenvalue weighted by Crippen LogP contribution is -2.50. The van der Waals surface area contributed by atoms with Gasteiger partial charge >= 0.3 is 18.0 Å². The maximum Gasteiger partial charge on any atom is 0.329 e. The van der Waals surface area contributed by atoms with E-state index in [2.05, 4.69) is 10.6 Å². The summed E-state index contributed by atoms with van der Waals surface area (Å²) in [6, 6.07) is 17.0. The summed E-state index contributed by atoms with van der Waals surface area (Å²) < 4.78 is 10.6. The van der Waals surface area contributed by atoms with Crippen LogP contribution in [0.25, 0.3) is 0 Å². The van der Waals surface area contributed by atoms with Gasteiger partial charge in [0.25, 0.3) is 0 Å². The minimum atomic E-state index is -1.13. The lowest BCUT2D eigenvalue weighted by Gasteiger charge is -2.24. The van der Waals surface area contributed by atoms with E-state index < -0.39 is 24.0 Å². The quantitative estimate of drug-likeness (QED) is 0.580. The second-order valence-corrected chi connectivity index (χ2v) is 7.95. The molecular weight excluding hydrogens is 408 g/mol. The van der Waals surface area contributed by atoms with Crippen LogP contribution in [0, 0.1) is 0 Å². The normalized spacial score (nSPS) is 14.8. The largest absolute Gasteiger partial charge is 0.461 e. The van der Waals surface area contributed by atoms with E-state index in [1.54, 1.807) is 0 Å². The lowest BCUT2D eigenvalue weighted by atomic mass is 9.96. The Bertz CT molecular complexity index is 866. The van der Waals surface area contributed by atoms with E-state index >= 15 is 0 Å². The summed E-state index contributed by atoms with van der Waals surface area (Å²) in [4.78, 5) is 37.5. The van der Waals surface area contributed by atoms with Crippen LogP contribution in [0.5, 0.6) is 0 Å². The first-order valence-corrected chi connectivity index (χ1v) is 11.1. The third-order valence-corrected chi connectivity index (χ3v) is 5.37. The van der Waals surface area contributed by atoms with E-state index in [1.807, 2.05) is 60.7 Å². The van der Waals surface area contributed by atoms with Gasteiger partial charge in [0.1, 0.15) is 19.3 Å². The SMILES string of the molecule is O=C(NC1CCCCC1)N[C@@H](CC(=O)OCc1ccccc1)C(=O)OCc1ccccc1. The summed E-state index contributed by atoms with van der Waals surface area (Å²) in [5.41, 5.74) is 1.66. The highest BCUT2D eigenvalue weighted by atomic mass is 16.5. The Morgan fingerprint density at radius 1 is 0.812 bits per heavy atom. The molecule has 0 bridgehead atoms. The fourth-order valence-electron chi connectivity index (χ4n) is 3.62. The van der Waals surface area contributed by atoms with E-state index in [-0.39, 0.29) is 25.7 Å². The highest BCUT2D eigenvalue weighted by molar-refractivity contribution is 5.87. The summed E-state index contributed by atoms with van der Waals surface area (Å²) >= 11 is 0. The minimum Gasteiger partial charge on any atom is -0.461 e. The van der Waals surface area contributed by atoms with Crippen LogP contribution in [0.4, 0.5) is 4.79 Å². The third kappa shape index (κ3) is 8.06. The van der Waals surface area contributed by atoms with E-state index in [0.29, 0.717) is 0 Å². The summed E-state index contributed by atoms with van der Waals surface area (Å²) in [5.74, 6) is -1.27. The zero-order valence-corrected chi connectivity index (χ0v) is 18.1. The van der Waals surface area contributed by atoms with Crippen molar-refractivity contribution in [3.8, 4) is 0 Å². The number of urea groups is 1. The Labute approximate surface area is 188 Å². The first-order chi connectivity index (χ1) is 15.6. The maximum atomic E-state index is 12.7. The Hall–Kier alpha value is -3.35. The first-order valence-electron chi connectivity index (χ1n) is 11.1. The predicted molar refractivity (Wildman–Crippen MR) is 119 cm³/mol. The minimum absolute atomic E-state index is 0.0567. The van der Waals surface area contributed by atoms with Gasteiger partial charge in [-0.2, -0.15) is 0 Å². The molecule has 2 aromatic carbocycles. The Kier molecular flexibility index (Phi) is 9.10. The van der Waals surface area contributed by atoms with Crippen molar-refractivity contribution in [2.24, 2.45) is 0 Å². The van der Waals surface area contributed by atoms with Crippen molar-refractivity contribution in [1.29, 1.82) is 0 Å². The van der Waals surface area contributed by atoms with Crippen LogP contribution in [0.15, 0.2) is 60.7 Å². The van der Waals surface area contributed by atoms with Crippen LogP contribution in [0.2, 0.25) is 0 Å². The molecule has 2 amide bonds. The number of benzene rings is 2. The molecule has 0 aromatic heterocycles. The molecule has 0 heterocycles. The van der Waals surface area contributed by atoms with Crippen molar-refractivity contribution in [2.75, 3.05) is 0 Å². The van der Waals surface area contributed by atoms with E-state index in [1.165, 1.54) is 6.42 Å². The van der Waals surface area contributed by atoms with Gasteiger partial charge in [-0.1, -0.05) is 79.9 Å². The molecule has 1 aliphatic rings. The van der Waals surface area contributed by atoms with Gasteiger partial charge in [0, 0.05) is 6.04 Å². The first kappa shape index (κ1) is 23.3. The van der Waals surface area contributed by atoms with Crippen molar-refractivity contribution < 1.29 is 23.9 Å². The Balaban J connectivity index is 1.56. The fourth-order valence-corrected chi connectivity index (χ4v) is 3.62. The number of hydrogen-bond donors (Lipinski definition) is 2. The highest BCUT2D eigenvalue weighted by Crippen LogP contribution is 2.17. The summed E-state index contributed by atoms with van der Waals surface area (Å²) in [6.07, 6.45) is 4.82. The summed E-state index contributed by atoms with van der Waals surface area (Å²) in [7, 11) is 0. The molecule has 0 unspecified atom stereocenters. The average molecular weight is 439 g/mol. The average Bonchev–Trinajstić information content (AvgIpc) is 2.83. The van der Waals surface area contributed by atoms with Crippen LogP contribution in [0.1, 0.15) is 49.7 Å². The number of ether oxygens (including phenoxy) is 2. The van der Waals surface area contributed by atoms with Crippen molar-refractivity contribution in [3.63, 3.8) is 0 Å². The number of hydrogen-bond acceptors (Lipinski definition) is 5. The number of esters is 2. The second kappa shape index (κ2) is 12.5. The molecule has 2 N–H and O–H groups in total. The Morgan fingerprint density at radius 3 is 1.97 bits per heavy atom. The van der Waals surface area contributed by atoms with Crippen molar-refractivity contribution in [2.45, 2.75) is 63.8 Å². The molecule has 1 aliphatic carbocycles. The standard InChI is InChI=1S/C25H30N2O5/c28-23(31-17-19-10-4-1-5-11-19)16-22(24(29)32-18-20-12-6-2-7-13-20)27-25(30)26-21-14-8-3-9-15-21/h1-2,4-7,10-13,21-22H,3,8-9,14-18H2,(H2,26,27,30)/t22-/m0/s1. The van der Waals surface area contributed by atoms with Crippen LogP contribution in [0.3, 0.4) is 0 Å². The topological polar surface area (TPSA) is 93.7 Å². The number of carbonyl (C=O) groups is 3. The molecule has 170 valence electrons. The fraction of sp³-hybridized carbons (Fsp3) is 0.400. The van der Waals surface area contributed by atoms with E-state index in [0.717, 1.165) is 36.8 Å². The van der Waals surface area contributed by atoms with Gasteiger partial charge in [0.2, 0.25) is 0 Å². The Morgan fingerprint density at radius 2 is 1.38 bits per heavy atom. The number of nitrogens with one attached hydrogen (secondary N) is 2. The zero-order chi connectivity index (χ0) is 22.6. The maximum absolute atomic E-state index is 12.7. The second-order valence-electron chi connectivity index (χ2n) is 7.95. The molecule has 0 saturated heterocycles. The molecule has 1 saturated carbocycles. The molecule has 32 heavy (non-hydrogen) atoms. The smallest absolute Gasteiger partial charge is 0.329 e. The van der Waals surface area contributed by atoms with Gasteiger partial charge in [0.15, 0.2) is 0 Å². The lowest BCUT2D eigenvalue weighted by molar-refractivity contribution is -0.153. The molecule has 7 heteroatoms. The third-order valence-electron chi connectivity index (χ3n) is 5.37. The highest BCUT2D eigenvalue weighted by Gasteiger charge is 2.27. The van der Waals surface area contributed by atoms with Crippen molar-refractivity contribution >= 4 is 18.0 Å². The van der Waals surface area contributed by atoms with Crippen LogP contribution < -0.4 is 10.6 Å². The van der Waals surface area contributed by atoms with Crippen LogP contribution >= 0.6 is 0 Å². The molecule has 1 atom stereocenters. The summed E-state index contributed by atoms with van der Waals surface area (Å²) in [5, 5.41) is 5.50. The van der Waals surface area contributed by atoms with Gasteiger partial charge in [-0.15, -0.1) is 0 Å². The molecule has 7 nitrogen and oxygen atoms in total. The molecule has 1 fully saturated rings. The zero-order valence-electron chi connectivity index (χ0n) is 18.1. The van der Waals surface area contributed by atoms with E-state index in [9.17, 15) is 14.4 Å². The molecule has 0 aliphatic heterocycles. The van der Waals surface area contributed by atoms with Gasteiger partial charge in [-0.25, -0.2) is 9.59 Å². The van der Waals surface area contributed by atoms with Crippen molar-refractivity contribution in [1.82, 2.24) is 10.6 Å². The number of rotatable bonds is 9. The predicted octanol–water partition coefficient (Wildman–Crippen LogP) is 3.86. The van der Waals surface area contributed by atoms with Crippen LogP contribution in [-0.2, 0) is 32.3 Å². The van der Waals surface area contributed by atoms with Gasteiger partial charge in [-0.3, -0.25) is 4.79 Å². The van der Waals surface area contributed by atoms with Crippen molar-refractivity contribution in [3.05, 3.63) is 71.8 Å². The molecular formula is C25H30N2O5. The molecule has 2 aromatic rings. The van der Waals surface area contributed by atoms with Crippen LogP contribution in [-0.4, -0.2) is 30.1 Å². The number of amides is 2.